The molecule has 170 valence electrons. The molecule has 0 radical (unpaired) electrons. The summed E-state index contributed by atoms with van der Waals surface area (Å²) in [6.07, 6.45) is 2.63. The minimum atomic E-state index is -0.231. The number of aliphatic hydroxyl groups excluding tert-OH is 1. The second kappa shape index (κ2) is 8.68. The Morgan fingerprint density at radius 2 is 1.91 bits per heavy atom. The maximum absolute atomic E-state index is 13.1. The molecule has 0 spiro atoms. The second-order valence-electron chi connectivity index (χ2n) is 8.75. The molecule has 3 heterocycles. The van der Waals surface area contributed by atoms with Crippen molar-refractivity contribution in [2.45, 2.75) is 19.1 Å². The highest BCUT2D eigenvalue weighted by Gasteiger charge is 2.22. The van der Waals surface area contributed by atoms with E-state index in [9.17, 15) is 9.90 Å². The molecule has 3 aromatic carbocycles. The number of fused-ring (bicyclic) bond motifs is 2. The number of anilines is 1. The number of aliphatic hydroxyl groups is 1. The number of imidazole rings is 1. The minimum absolute atomic E-state index is 0.146. The number of hydrogen-bond acceptors (Lipinski definition) is 5. The molecule has 1 aliphatic rings. The summed E-state index contributed by atoms with van der Waals surface area (Å²) >= 11 is 1.61. The zero-order valence-corrected chi connectivity index (χ0v) is 19.3. The van der Waals surface area contributed by atoms with Gasteiger partial charge in [0.05, 0.1) is 17.5 Å². The van der Waals surface area contributed by atoms with Crippen molar-refractivity contribution in [2.24, 2.45) is 0 Å². The first-order valence-corrected chi connectivity index (χ1v) is 12.3. The van der Waals surface area contributed by atoms with E-state index in [0.717, 1.165) is 57.9 Å². The quantitative estimate of drug-likeness (QED) is 0.379. The molecule has 6 nitrogen and oxygen atoms in total. The fraction of sp³-hybridized carbons (Fsp3) is 0.185. The molecule has 5 aromatic rings. The molecule has 6 rings (SSSR count). The van der Waals surface area contributed by atoms with Gasteiger partial charge in [0.1, 0.15) is 0 Å². The summed E-state index contributed by atoms with van der Waals surface area (Å²) in [5, 5.41) is 17.2. The number of nitrogens with one attached hydrogen (secondary N) is 1. The van der Waals surface area contributed by atoms with E-state index in [0.29, 0.717) is 12.1 Å². The van der Waals surface area contributed by atoms with Crippen molar-refractivity contribution in [3.8, 4) is 11.3 Å². The van der Waals surface area contributed by atoms with E-state index in [-0.39, 0.29) is 12.0 Å². The van der Waals surface area contributed by atoms with E-state index in [2.05, 4.69) is 20.0 Å². The molecule has 7 heteroatoms. The van der Waals surface area contributed by atoms with Crippen LogP contribution >= 0.6 is 11.3 Å². The molecule has 34 heavy (non-hydrogen) atoms. The number of carbonyl (C=O) groups is 1. The second-order valence-corrected chi connectivity index (χ2v) is 9.58. The number of rotatable bonds is 5. The number of nitrogens with zero attached hydrogens (tertiary/aromatic N) is 3. The number of hydrogen-bond donors (Lipinski definition) is 2. The molecule has 0 unspecified atom stereocenters. The molecule has 0 aliphatic carbocycles. The Morgan fingerprint density at radius 1 is 1.09 bits per heavy atom. The van der Waals surface area contributed by atoms with Gasteiger partial charge in [0.25, 0.3) is 5.91 Å². The Bertz CT molecular complexity index is 1510. The van der Waals surface area contributed by atoms with Gasteiger partial charge in [-0.2, -0.15) is 0 Å². The normalized spacial score (nSPS) is 16.4. The van der Waals surface area contributed by atoms with Crippen LogP contribution in [0.5, 0.6) is 0 Å². The average Bonchev–Trinajstić information content (AvgIpc) is 3.56. The SMILES string of the molecule is O=C(Nc1ccccc1-c1cn2c(CN3CC[C@@H](O)C3)csc2n1)c1ccc2ccccc2c1. The van der Waals surface area contributed by atoms with Gasteiger partial charge in [0, 0.05) is 48.0 Å². The largest absolute Gasteiger partial charge is 0.392 e. The summed E-state index contributed by atoms with van der Waals surface area (Å²) in [5.74, 6) is -0.146. The van der Waals surface area contributed by atoms with Gasteiger partial charge < -0.3 is 10.4 Å². The fourth-order valence-electron chi connectivity index (χ4n) is 4.60. The first-order valence-electron chi connectivity index (χ1n) is 11.4. The predicted octanol–water partition coefficient (Wildman–Crippen LogP) is 5.03. The zero-order valence-electron chi connectivity index (χ0n) is 18.5. The summed E-state index contributed by atoms with van der Waals surface area (Å²) in [6.45, 7) is 2.40. The van der Waals surface area contributed by atoms with Gasteiger partial charge >= 0.3 is 0 Å². The van der Waals surface area contributed by atoms with Crippen LogP contribution in [0.1, 0.15) is 22.5 Å². The van der Waals surface area contributed by atoms with Crippen molar-refractivity contribution in [3.63, 3.8) is 0 Å². The zero-order chi connectivity index (χ0) is 23.1. The summed E-state index contributed by atoms with van der Waals surface area (Å²) < 4.78 is 2.12. The highest BCUT2D eigenvalue weighted by molar-refractivity contribution is 7.15. The van der Waals surface area contributed by atoms with Crippen LogP contribution in [0.4, 0.5) is 5.69 Å². The van der Waals surface area contributed by atoms with Crippen molar-refractivity contribution < 1.29 is 9.90 Å². The number of β-amino-alcohol motifs (C(OH)–C–C–N with tert-alkyl or cyclic N) is 1. The lowest BCUT2D eigenvalue weighted by Crippen LogP contribution is -2.22. The molecule has 1 aliphatic heterocycles. The maximum Gasteiger partial charge on any atom is 0.255 e. The van der Waals surface area contributed by atoms with Crippen LogP contribution in [-0.4, -0.2) is 44.5 Å². The molecule has 1 atom stereocenters. The smallest absolute Gasteiger partial charge is 0.255 e. The van der Waals surface area contributed by atoms with Gasteiger partial charge in [0.2, 0.25) is 0 Å². The van der Waals surface area contributed by atoms with Gasteiger partial charge in [-0.15, -0.1) is 11.3 Å². The lowest BCUT2D eigenvalue weighted by molar-refractivity contribution is 0.102. The van der Waals surface area contributed by atoms with Gasteiger partial charge in [-0.1, -0.05) is 48.5 Å². The first kappa shape index (κ1) is 21.0. The molecule has 2 N–H and O–H groups in total. The van der Waals surface area contributed by atoms with Gasteiger partial charge in [-0.05, 0) is 35.4 Å². The number of carbonyl (C=O) groups excluding carboxylic acids is 1. The summed E-state index contributed by atoms with van der Waals surface area (Å²) in [7, 11) is 0. The van der Waals surface area contributed by atoms with Crippen LogP contribution in [0.15, 0.2) is 78.3 Å². The summed E-state index contributed by atoms with van der Waals surface area (Å²) in [6, 6.07) is 21.5. The van der Waals surface area contributed by atoms with E-state index in [4.69, 9.17) is 4.98 Å². The van der Waals surface area contributed by atoms with Crippen molar-refractivity contribution in [2.75, 3.05) is 18.4 Å². The molecular formula is C27H24N4O2S. The standard InChI is InChI=1S/C27H24N4O2S/c32-22-11-12-30(15-22)14-21-17-34-27-29-25(16-31(21)27)23-7-3-4-8-24(23)28-26(33)20-10-9-18-5-1-2-6-19(18)13-20/h1-10,13,16-17,22,32H,11-12,14-15H2,(H,28,33)/t22-/m1/s1. The van der Waals surface area contributed by atoms with Crippen molar-refractivity contribution in [3.05, 3.63) is 89.6 Å². The molecule has 1 amide bonds. The van der Waals surface area contributed by atoms with Crippen molar-refractivity contribution >= 4 is 38.7 Å². The number of para-hydroxylation sites is 1. The van der Waals surface area contributed by atoms with Crippen LogP contribution in [0.2, 0.25) is 0 Å². The Balaban J connectivity index is 1.28. The third-order valence-corrected chi connectivity index (χ3v) is 7.27. The summed E-state index contributed by atoms with van der Waals surface area (Å²) in [4.78, 5) is 21.1. The van der Waals surface area contributed by atoms with Crippen LogP contribution in [-0.2, 0) is 6.54 Å². The molecule has 1 saturated heterocycles. The number of aromatic nitrogens is 2. The number of likely N-dealkylation sites (tertiary alicyclic amines) is 1. The molecule has 1 fully saturated rings. The first-order chi connectivity index (χ1) is 16.6. The molecular weight excluding hydrogens is 444 g/mol. The molecule has 0 bridgehead atoms. The Labute approximate surface area is 201 Å². The lowest BCUT2D eigenvalue weighted by atomic mass is 10.1. The minimum Gasteiger partial charge on any atom is -0.392 e. The van der Waals surface area contributed by atoms with Crippen LogP contribution in [0.3, 0.4) is 0 Å². The maximum atomic E-state index is 13.1. The Morgan fingerprint density at radius 3 is 2.76 bits per heavy atom. The van der Waals surface area contributed by atoms with Crippen LogP contribution in [0, 0.1) is 0 Å². The highest BCUT2D eigenvalue weighted by atomic mass is 32.1. The van der Waals surface area contributed by atoms with Crippen LogP contribution < -0.4 is 5.32 Å². The topological polar surface area (TPSA) is 69.9 Å². The lowest BCUT2D eigenvalue weighted by Gasteiger charge is -2.13. The van der Waals surface area contributed by atoms with Crippen LogP contribution in [0.25, 0.3) is 27.0 Å². The third kappa shape index (κ3) is 3.98. The van der Waals surface area contributed by atoms with Crippen molar-refractivity contribution in [1.82, 2.24) is 14.3 Å². The monoisotopic (exact) mass is 468 g/mol. The van der Waals surface area contributed by atoms with Crippen molar-refractivity contribution in [1.29, 1.82) is 0 Å². The van der Waals surface area contributed by atoms with Gasteiger partial charge in [0.15, 0.2) is 4.96 Å². The number of thiazole rings is 1. The third-order valence-electron chi connectivity index (χ3n) is 6.38. The Kier molecular flexibility index (Phi) is 5.37. The van der Waals surface area contributed by atoms with Gasteiger partial charge in [-0.3, -0.25) is 14.1 Å². The van der Waals surface area contributed by atoms with E-state index in [1.54, 1.807) is 11.3 Å². The number of benzene rings is 3. The predicted molar refractivity (Wildman–Crippen MR) is 136 cm³/mol. The summed E-state index contributed by atoms with van der Waals surface area (Å²) in [5.41, 5.74) is 4.22. The number of amides is 1. The van der Waals surface area contributed by atoms with E-state index in [1.165, 1.54) is 0 Å². The molecule has 2 aromatic heterocycles. The van der Waals surface area contributed by atoms with Gasteiger partial charge in [-0.25, -0.2) is 4.98 Å². The van der Waals surface area contributed by atoms with E-state index >= 15 is 0 Å². The van der Waals surface area contributed by atoms with E-state index in [1.807, 2.05) is 72.9 Å². The molecule has 0 saturated carbocycles. The van der Waals surface area contributed by atoms with E-state index < -0.39 is 0 Å². The fourth-order valence-corrected chi connectivity index (χ4v) is 5.46. The highest BCUT2D eigenvalue weighted by Crippen LogP contribution is 2.30. The Hall–Kier alpha value is -3.52. The average molecular weight is 469 g/mol.